The Kier molecular flexibility index (Phi) is 4.12. The third-order valence-electron chi connectivity index (χ3n) is 3.46. The van der Waals surface area contributed by atoms with E-state index in [2.05, 4.69) is 5.16 Å². The van der Waals surface area contributed by atoms with Crippen LogP contribution in [-0.4, -0.2) is 24.9 Å². The van der Waals surface area contributed by atoms with Crippen LogP contribution in [0.3, 0.4) is 0 Å². The van der Waals surface area contributed by atoms with Gasteiger partial charge in [0.1, 0.15) is 0 Å². The molecule has 110 valence electrons. The zero-order valence-electron chi connectivity index (χ0n) is 11.8. The summed E-state index contributed by atoms with van der Waals surface area (Å²) in [6.07, 6.45) is 0.226. The molecule has 6 heteroatoms. The molecule has 20 heavy (non-hydrogen) atoms. The van der Waals surface area contributed by atoms with Gasteiger partial charge in [0.05, 0.1) is 11.6 Å². The summed E-state index contributed by atoms with van der Waals surface area (Å²) in [5.74, 6) is 0.147. The summed E-state index contributed by atoms with van der Waals surface area (Å²) >= 11 is 5.77. The second-order valence-electron chi connectivity index (χ2n) is 5.51. The molecule has 0 saturated heterocycles. The molecule has 1 atom stereocenters. The van der Waals surface area contributed by atoms with Crippen LogP contribution in [0.5, 0.6) is 0 Å². The van der Waals surface area contributed by atoms with Gasteiger partial charge in [-0.15, -0.1) is 11.6 Å². The van der Waals surface area contributed by atoms with Crippen molar-refractivity contribution in [2.75, 3.05) is 5.88 Å². The average molecular weight is 316 g/mol. The van der Waals surface area contributed by atoms with Crippen molar-refractivity contribution < 1.29 is 13.3 Å². The van der Waals surface area contributed by atoms with E-state index in [0.29, 0.717) is 0 Å². The number of alkyl halides is 1. The van der Waals surface area contributed by atoms with Gasteiger partial charge in [-0.3, -0.25) is 0 Å². The Bertz CT molecular complexity index is 654. The minimum absolute atomic E-state index is 0.0608. The van der Waals surface area contributed by atoms with Gasteiger partial charge >= 0.3 is 0 Å². The Hall–Kier alpha value is -1.07. The fourth-order valence-corrected chi connectivity index (χ4v) is 3.58. The lowest BCUT2D eigenvalue weighted by atomic mass is 10.1. The molecule has 1 unspecified atom stereocenters. The molecule has 1 aliphatic heterocycles. The normalized spacial score (nSPS) is 22.5. The van der Waals surface area contributed by atoms with Crippen LogP contribution < -0.4 is 0 Å². The fourth-order valence-electron chi connectivity index (χ4n) is 1.98. The molecule has 0 bridgehead atoms. The van der Waals surface area contributed by atoms with Crippen molar-refractivity contribution in [2.24, 2.45) is 5.16 Å². The molecule has 4 nitrogen and oxygen atoms in total. The standard InChI is InChI=1S/C14H18ClNO3S/c1-10-4-5-12(6-11(10)2)8-20(17,18)13-7-14(3,9-15)19-16-13/h4-6H,7-9H2,1-3H3. The number of hydrogen-bond acceptors (Lipinski definition) is 4. The third kappa shape index (κ3) is 3.15. The molecule has 1 aromatic carbocycles. The van der Waals surface area contributed by atoms with E-state index in [1.807, 2.05) is 32.0 Å². The second-order valence-corrected chi connectivity index (χ2v) is 7.77. The van der Waals surface area contributed by atoms with Crippen LogP contribution >= 0.6 is 11.6 Å². The van der Waals surface area contributed by atoms with Crippen LogP contribution in [0.2, 0.25) is 0 Å². The van der Waals surface area contributed by atoms with E-state index in [1.54, 1.807) is 6.92 Å². The van der Waals surface area contributed by atoms with E-state index in [0.717, 1.165) is 16.7 Å². The molecule has 1 aliphatic rings. The predicted octanol–water partition coefficient (Wildman–Crippen LogP) is 2.95. The molecular weight excluding hydrogens is 298 g/mol. The van der Waals surface area contributed by atoms with Crippen LogP contribution in [0.1, 0.15) is 30.0 Å². The third-order valence-corrected chi connectivity index (χ3v) is 5.68. The summed E-state index contributed by atoms with van der Waals surface area (Å²) in [5, 5.41) is 3.79. The molecule has 1 aromatic rings. The number of nitrogens with zero attached hydrogens (tertiary/aromatic N) is 1. The summed E-state index contributed by atoms with van der Waals surface area (Å²) in [4.78, 5) is 5.15. The van der Waals surface area contributed by atoms with E-state index in [4.69, 9.17) is 16.4 Å². The topological polar surface area (TPSA) is 55.7 Å². The minimum atomic E-state index is -3.46. The van der Waals surface area contributed by atoms with Gasteiger partial charge in [0.2, 0.25) is 0 Å². The first kappa shape index (κ1) is 15.3. The van der Waals surface area contributed by atoms with E-state index < -0.39 is 15.4 Å². The van der Waals surface area contributed by atoms with Gasteiger partial charge in [-0.25, -0.2) is 8.42 Å². The van der Waals surface area contributed by atoms with Crippen LogP contribution in [0.15, 0.2) is 23.4 Å². The van der Waals surface area contributed by atoms with Crippen molar-refractivity contribution in [1.82, 2.24) is 0 Å². The number of hydrogen-bond donors (Lipinski definition) is 0. The molecule has 0 radical (unpaired) electrons. The Balaban J connectivity index is 2.18. The molecular formula is C14H18ClNO3S. The molecule has 0 N–H and O–H groups in total. The van der Waals surface area contributed by atoms with Gasteiger partial charge < -0.3 is 4.84 Å². The molecule has 0 saturated carbocycles. The molecule has 0 spiro atoms. The highest BCUT2D eigenvalue weighted by Gasteiger charge is 2.39. The Morgan fingerprint density at radius 1 is 1.35 bits per heavy atom. The second kappa shape index (κ2) is 5.37. The van der Waals surface area contributed by atoms with Crippen molar-refractivity contribution in [3.05, 3.63) is 34.9 Å². The van der Waals surface area contributed by atoms with Crippen molar-refractivity contribution in [2.45, 2.75) is 38.5 Å². The Morgan fingerprint density at radius 2 is 2.05 bits per heavy atom. The van der Waals surface area contributed by atoms with Gasteiger partial charge in [-0.1, -0.05) is 23.4 Å². The lowest BCUT2D eigenvalue weighted by molar-refractivity contribution is 0.0152. The van der Waals surface area contributed by atoms with Gasteiger partial charge in [0.25, 0.3) is 0 Å². The molecule has 0 fully saturated rings. The monoisotopic (exact) mass is 315 g/mol. The maximum absolute atomic E-state index is 12.3. The summed E-state index contributed by atoms with van der Waals surface area (Å²) in [5.41, 5.74) is 2.26. The summed E-state index contributed by atoms with van der Waals surface area (Å²) < 4.78 is 24.7. The largest absolute Gasteiger partial charge is 0.387 e. The molecule has 0 aromatic heterocycles. The molecule has 0 amide bonds. The van der Waals surface area contributed by atoms with E-state index in [9.17, 15) is 8.42 Å². The van der Waals surface area contributed by atoms with Gasteiger partial charge in [0, 0.05) is 6.42 Å². The highest BCUT2D eigenvalue weighted by atomic mass is 35.5. The van der Waals surface area contributed by atoms with E-state index in [1.165, 1.54) is 0 Å². The quantitative estimate of drug-likeness (QED) is 0.806. The minimum Gasteiger partial charge on any atom is -0.387 e. The zero-order valence-corrected chi connectivity index (χ0v) is 13.4. The summed E-state index contributed by atoms with van der Waals surface area (Å²) in [6.45, 7) is 5.71. The number of benzene rings is 1. The highest BCUT2D eigenvalue weighted by molar-refractivity contribution is 8.05. The summed E-state index contributed by atoms with van der Waals surface area (Å²) in [7, 11) is -3.46. The average Bonchev–Trinajstić information content (AvgIpc) is 2.78. The smallest absolute Gasteiger partial charge is 0.199 e. The number of halogens is 1. The Morgan fingerprint density at radius 3 is 2.60 bits per heavy atom. The highest BCUT2D eigenvalue weighted by Crippen LogP contribution is 2.28. The number of oxime groups is 1. The first-order valence-electron chi connectivity index (χ1n) is 6.36. The lowest BCUT2D eigenvalue weighted by Crippen LogP contribution is -2.28. The van der Waals surface area contributed by atoms with Crippen LogP contribution in [0.4, 0.5) is 0 Å². The van der Waals surface area contributed by atoms with Crippen molar-refractivity contribution >= 4 is 26.5 Å². The van der Waals surface area contributed by atoms with Crippen LogP contribution in [0.25, 0.3) is 0 Å². The number of sulfone groups is 1. The SMILES string of the molecule is Cc1ccc(CS(=O)(=O)C2=NOC(C)(CCl)C2)cc1C. The maximum Gasteiger partial charge on any atom is 0.199 e. The van der Waals surface area contributed by atoms with E-state index >= 15 is 0 Å². The number of rotatable bonds is 3. The van der Waals surface area contributed by atoms with Crippen LogP contribution in [-0.2, 0) is 20.4 Å². The molecule has 2 rings (SSSR count). The number of aryl methyl sites for hydroxylation is 2. The maximum atomic E-state index is 12.3. The van der Waals surface area contributed by atoms with Gasteiger partial charge in [-0.05, 0) is 37.5 Å². The van der Waals surface area contributed by atoms with Gasteiger partial charge in [0.15, 0.2) is 20.5 Å². The van der Waals surface area contributed by atoms with E-state index in [-0.39, 0.29) is 23.1 Å². The zero-order chi connectivity index (χ0) is 15.0. The first-order valence-corrected chi connectivity index (χ1v) is 8.54. The molecule has 0 aliphatic carbocycles. The first-order chi connectivity index (χ1) is 9.26. The van der Waals surface area contributed by atoms with Crippen molar-refractivity contribution in [1.29, 1.82) is 0 Å². The van der Waals surface area contributed by atoms with Crippen molar-refractivity contribution in [3.8, 4) is 0 Å². The van der Waals surface area contributed by atoms with Gasteiger partial charge in [-0.2, -0.15) is 0 Å². The Labute approximate surface area is 124 Å². The lowest BCUT2D eigenvalue weighted by Gasteiger charge is -2.16. The van der Waals surface area contributed by atoms with Crippen LogP contribution in [0, 0.1) is 13.8 Å². The van der Waals surface area contributed by atoms with Crippen molar-refractivity contribution in [3.63, 3.8) is 0 Å². The molecule has 1 heterocycles. The predicted molar refractivity (Wildman–Crippen MR) is 80.8 cm³/mol. The fraction of sp³-hybridized carbons (Fsp3) is 0.500. The summed E-state index contributed by atoms with van der Waals surface area (Å²) in [6, 6.07) is 5.65.